The van der Waals surface area contributed by atoms with Crippen molar-refractivity contribution in [2.45, 2.75) is 70.8 Å². The molecule has 0 aromatic carbocycles. The van der Waals surface area contributed by atoms with Crippen LogP contribution in [-0.2, 0) is 9.59 Å². The lowest BCUT2D eigenvalue weighted by Gasteiger charge is -2.40. The van der Waals surface area contributed by atoms with Crippen LogP contribution in [0.15, 0.2) is 0 Å². The lowest BCUT2D eigenvalue weighted by Crippen LogP contribution is -2.46. The molecule has 3 aliphatic rings. The number of ketones is 1. The molecule has 2 bridgehead atoms. The van der Waals surface area contributed by atoms with Crippen molar-refractivity contribution in [3.63, 3.8) is 0 Å². The van der Waals surface area contributed by atoms with Crippen LogP contribution < -0.4 is 0 Å². The Labute approximate surface area is 128 Å². The highest BCUT2D eigenvalue weighted by molar-refractivity contribution is 5.88. The second kappa shape index (κ2) is 6.10. The van der Waals surface area contributed by atoms with Gasteiger partial charge in [0, 0.05) is 30.8 Å². The fraction of sp³-hybridized carbons (Fsp3) is 0.889. The molecule has 3 rings (SSSR count). The number of carbonyl (C=O) groups is 2. The molecule has 3 saturated carbocycles. The van der Waals surface area contributed by atoms with Crippen molar-refractivity contribution < 1.29 is 9.59 Å². The minimum atomic E-state index is 0.113. The molecular formula is C18H29NO2. The first-order valence-electron chi connectivity index (χ1n) is 8.86. The van der Waals surface area contributed by atoms with Gasteiger partial charge < -0.3 is 4.90 Å². The van der Waals surface area contributed by atoms with Gasteiger partial charge in [-0.1, -0.05) is 13.3 Å². The summed E-state index contributed by atoms with van der Waals surface area (Å²) in [4.78, 5) is 27.0. The summed E-state index contributed by atoms with van der Waals surface area (Å²) in [5, 5.41) is 0. The lowest BCUT2D eigenvalue weighted by atomic mass is 9.67. The van der Waals surface area contributed by atoms with E-state index >= 15 is 0 Å². The van der Waals surface area contributed by atoms with Gasteiger partial charge in [0.25, 0.3) is 0 Å². The quantitative estimate of drug-likeness (QED) is 0.782. The molecule has 21 heavy (non-hydrogen) atoms. The summed E-state index contributed by atoms with van der Waals surface area (Å²) in [6.45, 7) is 2.31. The number of hydrogen-bond acceptors (Lipinski definition) is 2. The van der Waals surface area contributed by atoms with Gasteiger partial charge in [-0.25, -0.2) is 0 Å². The van der Waals surface area contributed by atoms with E-state index in [0.717, 1.165) is 44.4 Å². The summed E-state index contributed by atoms with van der Waals surface area (Å²) < 4.78 is 0. The van der Waals surface area contributed by atoms with Crippen LogP contribution in [0.2, 0.25) is 0 Å². The maximum Gasteiger partial charge on any atom is 0.225 e. The van der Waals surface area contributed by atoms with Gasteiger partial charge >= 0.3 is 0 Å². The summed E-state index contributed by atoms with van der Waals surface area (Å²) in [5.41, 5.74) is 0. The molecule has 3 fully saturated rings. The Balaban J connectivity index is 1.61. The van der Waals surface area contributed by atoms with E-state index in [-0.39, 0.29) is 17.8 Å². The summed E-state index contributed by atoms with van der Waals surface area (Å²) in [7, 11) is 2.00. The smallest absolute Gasteiger partial charge is 0.225 e. The topological polar surface area (TPSA) is 37.4 Å². The molecule has 0 aromatic heterocycles. The Morgan fingerprint density at radius 1 is 1.00 bits per heavy atom. The van der Waals surface area contributed by atoms with Gasteiger partial charge in [0.1, 0.15) is 5.78 Å². The van der Waals surface area contributed by atoms with E-state index in [0.29, 0.717) is 17.7 Å². The Kier molecular flexibility index (Phi) is 4.37. The van der Waals surface area contributed by atoms with Crippen molar-refractivity contribution in [1.82, 2.24) is 4.90 Å². The van der Waals surface area contributed by atoms with Gasteiger partial charge in [0.05, 0.1) is 0 Å². The summed E-state index contributed by atoms with van der Waals surface area (Å²) in [5.74, 6) is 2.08. The number of carbonyl (C=O) groups excluding carboxylic acids is 2. The third kappa shape index (κ3) is 3.02. The molecule has 0 N–H and O–H groups in total. The van der Waals surface area contributed by atoms with E-state index in [1.165, 1.54) is 19.3 Å². The first kappa shape index (κ1) is 15.1. The molecule has 0 radical (unpaired) electrons. The van der Waals surface area contributed by atoms with Gasteiger partial charge in [-0.3, -0.25) is 9.59 Å². The van der Waals surface area contributed by atoms with Crippen LogP contribution in [0.25, 0.3) is 0 Å². The van der Waals surface area contributed by atoms with Crippen LogP contribution in [0.1, 0.15) is 64.7 Å². The summed E-state index contributed by atoms with van der Waals surface area (Å²) >= 11 is 0. The lowest BCUT2D eigenvalue weighted by molar-refractivity contribution is -0.144. The monoisotopic (exact) mass is 291 g/mol. The highest BCUT2D eigenvalue weighted by atomic mass is 16.2. The van der Waals surface area contributed by atoms with Crippen molar-refractivity contribution in [2.24, 2.45) is 23.7 Å². The largest absolute Gasteiger partial charge is 0.343 e. The predicted molar refractivity (Wildman–Crippen MR) is 82.8 cm³/mol. The average Bonchev–Trinajstić information content (AvgIpc) is 2.46. The van der Waals surface area contributed by atoms with Crippen molar-refractivity contribution in [3.05, 3.63) is 0 Å². The standard InChI is InChI=1S/C18H29NO2/c1-12-6-8-16(9-7-12)19(2)18(21)15-10-13-4-3-5-14(11-15)17(13)20/h12-16H,3-11H2,1-2H3/t12?,13-,14+,15?,16?. The normalized spacial score (nSPS) is 39.9. The first-order valence-corrected chi connectivity index (χ1v) is 8.86. The van der Waals surface area contributed by atoms with Crippen molar-refractivity contribution >= 4 is 11.7 Å². The van der Waals surface area contributed by atoms with E-state index < -0.39 is 0 Å². The number of amides is 1. The molecule has 3 aliphatic carbocycles. The van der Waals surface area contributed by atoms with E-state index in [2.05, 4.69) is 6.92 Å². The van der Waals surface area contributed by atoms with Gasteiger partial charge in [-0.05, 0) is 57.3 Å². The molecule has 118 valence electrons. The van der Waals surface area contributed by atoms with Crippen molar-refractivity contribution in [1.29, 1.82) is 0 Å². The molecule has 1 unspecified atom stereocenters. The fourth-order valence-electron chi connectivity index (χ4n) is 4.78. The van der Waals surface area contributed by atoms with Crippen LogP contribution in [0.4, 0.5) is 0 Å². The summed E-state index contributed by atoms with van der Waals surface area (Å²) in [6.07, 6.45) is 9.66. The SMILES string of the molecule is CC1CCC(N(C)C(=O)C2C[C@H]3CCC[C@@H](C2)C3=O)CC1. The minimum absolute atomic E-state index is 0.113. The molecule has 3 nitrogen and oxygen atoms in total. The molecule has 0 heterocycles. The van der Waals surface area contributed by atoms with Crippen LogP contribution in [0, 0.1) is 23.7 Å². The second-order valence-corrected chi connectivity index (χ2v) is 7.76. The van der Waals surface area contributed by atoms with E-state index in [1.54, 1.807) is 0 Å². The van der Waals surface area contributed by atoms with E-state index in [9.17, 15) is 9.59 Å². The van der Waals surface area contributed by atoms with Crippen molar-refractivity contribution in [3.8, 4) is 0 Å². The number of fused-ring (bicyclic) bond motifs is 2. The Hall–Kier alpha value is -0.860. The van der Waals surface area contributed by atoms with Gasteiger partial charge in [-0.15, -0.1) is 0 Å². The third-order valence-electron chi connectivity index (χ3n) is 6.28. The van der Waals surface area contributed by atoms with Crippen molar-refractivity contribution in [2.75, 3.05) is 7.05 Å². The number of nitrogens with zero attached hydrogens (tertiary/aromatic N) is 1. The second-order valence-electron chi connectivity index (χ2n) is 7.76. The van der Waals surface area contributed by atoms with Crippen LogP contribution in [0.3, 0.4) is 0 Å². The van der Waals surface area contributed by atoms with Gasteiger partial charge in [0.15, 0.2) is 0 Å². The average molecular weight is 291 g/mol. The highest BCUT2D eigenvalue weighted by Crippen LogP contribution is 2.41. The molecule has 3 atom stereocenters. The minimum Gasteiger partial charge on any atom is -0.343 e. The van der Waals surface area contributed by atoms with Crippen LogP contribution >= 0.6 is 0 Å². The molecule has 0 aliphatic heterocycles. The summed E-state index contributed by atoms with van der Waals surface area (Å²) in [6, 6.07) is 0.436. The maximum absolute atomic E-state index is 12.8. The zero-order valence-electron chi connectivity index (χ0n) is 13.5. The molecular weight excluding hydrogens is 262 g/mol. The molecule has 3 heteroatoms. The highest BCUT2D eigenvalue weighted by Gasteiger charge is 2.42. The zero-order valence-corrected chi connectivity index (χ0v) is 13.5. The number of hydrogen-bond donors (Lipinski definition) is 0. The van der Waals surface area contributed by atoms with E-state index in [1.807, 2.05) is 11.9 Å². The Morgan fingerprint density at radius 2 is 1.57 bits per heavy atom. The molecule has 0 aromatic rings. The number of Topliss-reactive ketones (excluding diaryl/α,β-unsaturated/α-hetero) is 1. The number of rotatable bonds is 2. The zero-order chi connectivity index (χ0) is 15.0. The molecule has 1 amide bonds. The fourth-order valence-corrected chi connectivity index (χ4v) is 4.78. The Morgan fingerprint density at radius 3 is 2.14 bits per heavy atom. The molecule has 0 saturated heterocycles. The third-order valence-corrected chi connectivity index (χ3v) is 6.28. The Bertz CT molecular complexity index is 395. The van der Waals surface area contributed by atoms with Crippen LogP contribution in [-0.4, -0.2) is 29.7 Å². The first-order chi connectivity index (χ1) is 10.1. The van der Waals surface area contributed by atoms with Crippen LogP contribution in [0.5, 0.6) is 0 Å². The van der Waals surface area contributed by atoms with Gasteiger partial charge in [-0.2, -0.15) is 0 Å². The molecule has 0 spiro atoms. The van der Waals surface area contributed by atoms with E-state index in [4.69, 9.17) is 0 Å². The maximum atomic E-state index is 12.8. The van der Waals surface area contributed by atoms with Gasteiger partial charge in [0.2, 0.25) is 5.91 Å². The predicted octanol–water partition coefficient (Wildman–Crippen LogP) is 3.42.